The Morgan fingerprint density at radius 3 is 2.46 bits per heavy atom. The van der Waals surface area contributed by atoms with Crippen LogP contribution in [0.1, 0.15) is 22.3 Å². The van der Waals surface area contributed by atoms with Crippen LogP contribution in [0.25, 0.3) is 22.0 Å². The molecular weight excluding hydrogens is 471 g/mol. The Morgan fingerprint density at radius 1 is 1.11 bits per heavy atom. The highest BCUT2D eigenvalue weighted by molar-refractivity contribution is 6.07. The number of carbonyl (C=O) groups excluding carboxylic acids is 2. The number of nitrogens with zero attached hydrogens (tertiary/aromatic N) is 3. The average molecular weight is 488 g/mol. The normalized spacial score (nSPS) is 17.3. The first-order chi connectivity index (χ1) is 16.5. The summed E-state index contributed by atoms with van der Waals surface area (Å²) >= 11 is 0. The van der Waals surface area contributed by atoms with Crippen molar-refractivity contribution in [2.24, 2.45) is 0 Å². The molecule has 2 heterocycles. The van der Waals surface area contributed by atoms with E-state index in [-0.39, 0.29) is 5.56 Å². The first kappa shape index (κ1) is 24.1. The molecule has 0 unspecified atom stereocenters. The number of halogens is 5. The SMILES string of the molecule is N#C[C@@H]1CC(F)(F)CN1C(=O)CNC(=O)c1ccnc2ccc(-c3ccc(C(F)(F)F)cc3)cc12. The van der Waals surface area contributed by atoms with Crippen LogP contribution in [0.15, 0.2) is 54.7 Å². The minimum atomic E-state index is -4.47. The second-order valence-corrected chi connectivity index (χ2v) is 8.07. The number of amides is 2. The zero-order valence-corrected chi connectivity index (χ0v) is 17.9. The minimum absolute atomic E-state index is 0.139. The van der Waals surface area contributed by atoms with Crippen LogP contribution in [0, 0.1) is 11.3 Å². The molecule has 35 heavy (non-hydrogen) atoms. The van der Waals surface area contributed by atoms with Crippen molar-refractivity contribution in [3.05, 3.63) is 65.9 Å². The van der Waals surface area contributed by atoms with Crippen LogP contribution in [0.5, 0.6) is 0 Å². The molecule has 0 aliphatic carbocycles. The molecule has 1 N–H and O–H groups in total. The number of benzene rings is 2. The molecule has 1 fully saturated rings. The number of hydrogen-bond donors (Lipinski definition) is 1. The van der Waals surface area contributed by atoms with Gasteiger partial charge in [0.1, 0.15) is 6.04 Å². The van der Waals surface area contributed by atoms with Crippen molar-refractivity contribution < 1.29 is 31.5 Å². The van der Waals surface area contributed by atoms with Gasteiger partial charge in [-0.3, -0.25) is 14.6 Å². The summed E-state index contributed by atoms with van der Waals surface area (Å²) in [5.74, 6) is -4.66. The third-order valence-electron chi connectivity index (χ3n) is 5.67. The number of nitriles is 1. The number of alkyl halides is 5. The molecule has 0 bridgehead atoms. The van der Waals surface area contributed by atoms with Crippen LogP contribution in [0.4, 0.5) is 22.0 Å². The van der Waals surface area contributed by atoms with Gasteiger partial charge in [-0.1, -0.05) is 18.2 Å². The fourth-order valence-corrected chi connectivity index (χ4v) is 3.92. The van der Waals surface area contributed by atoms with Crippen molar-refractivity contribution in [3.8, 4) is 17.2 Å². The molecule has 1 aliphatic rings. The quantitative estimate of drug-likeness (QED) is 0.552. The fraction of sp³-hybridized carbons (Fsp3) is 0.250. The van der Waals surface area contributed by atoms with Crippen LogP contribution in [0.3, 0.4) is 0 Å². The second-order valence-electron chi connectivity index (χ2n) is 8.07. The van der Waals surface area contributed by atoms with Crippen LogP contribution in [-0.4, -0.2) is 46.8 Å². The number of hydrogen-bond acceptors (Lipinski definition) is 4. The van der Waals surface area contributed by atoms with Crippen molar-refractivity contribution in [3.63, 3.8) is 0 Å². The number of carbonyl (C=O) groups is 2. The lowest BCUT2D eigenvalue weighted by Gasteiger charge is -2.19. The molecular formula is C24H17F5N4O2. The Hall–Kier alpha value is -4.07. The molecule has 3 aromatic rings. The Morgan fingerprint density at radius 2 is 1.80 bits per heavy atom. The highest BCUT2D eigenvalue weighted by atomic mass is 19.4. The van der Waals surface area contributed by atoms with Gasteiger partial charge in [-0.15, -0.1) is 0 Å². The van der Waals surface area contributed by atoms with Gasteiger partial charge in [-0.05, 0) is 41.5 Å². The molecule has 1 aliphatic heterocycles. The van der Waals surface area contributed by atoms with E-state index in [2.05, 4.69) is 10.3 Å². The van der Waals surface area contributed by atoms with E-state index in [0.29, 0.717) is 22.0 Å². The molecule has 6 nitrogen and oxygen atoms in total. The number of aromatic nitrogens is 1. The van der Waals surface area contributed by atoms with Gasteiger partial charge in [0.2, 0.25) is 5.91 Å². The molecule has 0 spiro atoms. The van der Waals surface area contributed by atoms with Crippen LogP contribution < -0.4 is 5.32 Å². The standard InChI is InChI=1S/C24H17F5N4O2/c25-23(26)10-17(11-30)33(13-23)21(34)12-32-22(35)18-7-8-31-20-6-3-15(9-19(18)20)14-1-4-16(5-2-14)24(27,28)29/h1-9,17H,10,12-13H2,(H,32,35)/t17-/m0/s1. The molecule has 180 valence electrons. The van der Waals surface area contributed by atoms with Crippen molar-refractivity contribution in [1.82, 2.24) is 15.2 Å². The van der Waals surface area contributed by atoms with Crippen LogP contribution in [0.2, 0.25) is 0 Å². The van der Waals surface area contributed by atoms with E-state index in [1.54, 1.807) is 24.3 Å². The third-order valence-corrected chi connectivity index (χ3v) is 5.67. The lowest BCUT2D eigenvalue weighted by molar-refractivity contribution is -0.137. The number of pyridine rings is 1. The summed E-state index contributed by atoms with van der Waals surface area (Å²) in [5.41, 5.74) is 0.815. The summed E-state index contributed by atoms with van der Waals surface area (Å²) < 4.78 is 65.7. The molecule has 2 aromatic carbocycles. The first-order valence-corrected chi connectivity index (χ1v) is 10.4. The van der Waals surface area contributed by atoms with E-state index < -0.39 is 55.0 Å². The summed E-state index contributed by atoms with van der Waals surface area (Å²) in [7, 11) is 0. The van der Waals surface area contributed by atoms with Crippen molar-refractivity contribution in [1.29, 1.82) is 5.26 Å². The monoisotopic (exact) mass is 488 g/mol. The maximum absolute atomic E-state index is 13.6. The topological polar surface area (TPSA) is 86.1 Å². The van der Waals surface area contributed by atoms with Gasteiger partial charge in [-0.25, -0.2) is 8.78 Å². The Bertz CT molecular complexity index is 1330. The summed E-state index contributed by atoms with van der Waals surface area (Å²) in [6, 6.07) is 11.2. The Labute approximate surface area is 196 Å². The molecule has 2 amide bonds. The Kier molecular flexibility index (Phi) is 6.15. The number of likely N-dealkylation sites (tertiary alicyclic amines) is 1. The highest BCUT2D eigenvalue weighted by Crippen LogP contribution is 2.33. The first-order valence-electron chi connectivity index (χ1n) is 10.4. The summed E-state index contributed by atoms with van der Waals surface area (Å²) in [6.45, 7) is -1.48. The van der Waals surface area contributed by atoms with Gasteiger partial charge >= 0.3 is 6.18 Å². The summed E-state index contributed by atoms with van der Waals surface area (Å²) in [5, 5.41) is 11.8. The summed E-state index contributed by atoms with van der Waals surface area (Å²) in [6.07, 6.45) is -3.85. The van der Waals surface area contributed by atoms with E-state index in [0.717, 1.165) is 17.0 Å². The molecule has 1 aromatic heterocycles. The maximum Gasteiger partial charge on any atom is 0.416 e. The maximum atomic E-state index is 13.6. The molecule has 4 rings (SSSR count). The molecule has 1 atom stereocenters. The number of fused-ring (bicyclic) bond motifs is 1. The summed E-state index contributed by atoms with van der Waals surface area (Å²) in [4.78, 5) is 30.1. The number of nitrogens with one attached hydrogen (secondary N) is 1. The predicted octanol–water partition coefficient (Wildman–Crippen LogP) is 4.41. The van der Waals surface area contributed by atoms with Crippen molar-refractivity contribution in [2.45, 2.75) is 24.6 Å². The van der Waals surface area contributed by atoms with Gasteiger partial charge in [-0.2, -0.15) is 18.4 Å². The van der Waals surface area contributed by atoms with Gasteiger partial charge in [0.05, 0.1) is 35.8 Å². The zero-order chi connectivity index (χ0) is 25.4. The van der Waals surface area contributed by atoms with Gasteiger partial charge in [0.25, 0.3) is 11.8 Å². The van der Waals surface area contributed by atoms with E-state index in [9.17, 15) is 31.5 Å². The highest BCUT2D eigenvalue weighted by Gasteiger charge is 2.47. The van der Waals surface area contributed by atoms with Gasteiger partial charge in [0, 0.05) is 18.0 Å². The van der Waals surface area contributed by atoms with Crippen molar-refractivity contribution in [2.75, 3.05) is 13.1 Å². The molecule has 1 saturated heterocycles. The zero-order valence-electron chi connectivity index (χ0n) is 17.9. The lowest BCUT2D eigenvalue weighted by Crippen LogP contribution is -2.43. The average Bonchev–Trinajstić information content (AvgIpc) is 3.15. The molecule has 11 heteroatoms. The minimum Gasteiger partial charge on any atom is -0.343 e. The lowest BCUT2D eigenvalue weighted by atomic mass is 9.99. The third kappa shape index (κ3) is 5.06. The van der Waals surface area contributed by atoms with Crippen LogP contribution >= 0.6 is 0 Å². The largest absolute Gasteiger partial charge is 0.416 e. The predicted molar refractivity (Wildman–Crippen MR) is 115 cm³/mol. The van der Waals surface area contributed by atoms with Gasteiger partial charge in [0.15, 0.2) is 0 Å². The van der Waals surface area contributed by atoms with Gasteiger partial charge < -0.3 is 10.2 Å². The number of rotatable bonds is 4. The van der Waals surface area contributed by atoms with E-state index in [1.807, 2.05) is 0 Å². The Balaban J connectivity index is 1.55. The fourth-order valence-electron chi connectivity index (χ4n) is 3.92. The molecule has 0 saturated carbocycles. The van der Waals surface area contributed by atoms with E-state index >= 15 is 0 Å². The van der Waals surface area contributed by atoms with Crippen LogP contribution in [-0.2, 0) is 11.0 Å². The second kappa shape index (κ2) is 8.94. The smallest absolute Gasteiger partial charge is 0.343 e. The van der Waals surface area contributed by atoms with Crippen molar-refractivity contribution >= 4 is 22.7 Å². The molecule has 0 radical (unpaired) electrons. The van der Waals surface area contributed by atoms with E-state index in [1.165, 1.54) is 24.4 Å². The van der Waals surface area contributed by atoms with E-state index in [4.69, 9.17) is 5.26 Å².